The van der Waals surface area contributed by atoms with Crippen molar-refractivity contribution in [3.63, 3.8) is 0 Å². The first kappa shape index (κ1) is 12.4. The average Bonchev–Trinajstić information content (AvgIpc) is 2.86. The molecule has 0 saturated heterocycles. The van der Waals surface area contributed by atoms with Gasteiger partial charge >= 0.3 is 5.97 Å². The van der Waals surface area contributed by atoms with Gasteiger partial charge in [0.1, 0.15) is 11.8 Å². The van der Waals surface area contributed by atoms with E-state index in [-0.39, 0.29) is 11.8 Å². The van der Waals surface area contributed by atoms with Crippen LogP contribution in [0.25, 0.3) is 0 Å². The van der Waals surface area contributed by atoms with Crippen molar-refractivity contribution in [2.45, 2.75) is 18.4 Å². The van der Waals surface area contributed by atoms with Crippen molar-refractivity contribution in [1.82, 2.24) is 0 Å². The first-order chi connectivity index (χ1) is 9.13. The number of fused-ring (bicyclic) bond motifs is 3. The minimum absolute atomic E-state index is 0.00889. The fourth-order valence-electron chi connectivity index (χ4n) is 3.05. The second-order valence-electron chi connectivity index (χ2n) is 4.85. The van der Waals surface area contributed by atoms with Gasteiger partial charge in [0.05, 0.1) is 12.8 Å². The standard InChI is InChI=1S/C14H14ClNO3/c1-19-10-6-5-9(15)11-7-3-2-4-8(7)12(14(17)18)16-13(10)11/h2-3,5-8,12,16H,4H2,1H3,(H,17,18). The Kier molecular flexibility index (Phi) is 2.90. The number of aliphatic carboxylic acids is 1. The summed E-state index contributed by atoms with van der Waals surface area (Å²) >= 11 is 6.29. The van der Waals surface area contributed by atoms with Crippen molar-refractivity contribution < 1.29 is 14.6 Å². The monoisotopic (exact) mass is 279 g/mol. The van der Waals surface area contributed by atoms with E-state index in [1.165, 1.54) is 0 Å². The molecule has 0 amide bonds. The minimum atomic E-state index is -0.841. The molecule has 3 unspecified atom stereocenters. The van der Waals surface area contributed by atoms with Crippen molar-refractivity contribution in [3.05, 3.63) is 34.9 Å². The number of nitrogens with one attached hydrogen (secondary N) is 1. The van der Waals surface area contributed by atoms with Gasteiger partial charge in [0.15, 0.2) is 0 Å². The van der Waals surface area contributed by atoms with Gasteiger partial charge in [0, 0.05) is 22.4 Å². The molecule has 2 N–H and O–H groups in total. The van der Waals surface area contributed by atoms with E-state index < -0.39 is 12.0 Å². The molecule has 0 fully saturated rings. The molecule has 1 aliphatic carbocycles. The van der Waals surface area contributed by atoms with Crippen LogP contribution in [0.5, 0.6) is 5.75 Å². The highest BCUT2D eigenvalue weighted by molar-refractivity contribution is 6.32. The van der Waals surface area contributed by atoms with Gasteiger partial charge in [-0.3, -0.25) is 0 Å². The second-order valence-corrected chi connectivity index (χ2v) is 5.26. The quantitative estimate of drug-likeness (QED) is 0.817. The van der Waals surface area contributed by atoms with Crippen LogP contribution in [0, 0.1) is 5.92 Å². The zero-order valence-corrected chi connectivity index (χ0v) is 11.1. The van der Waals surface area contributed by atoms with Crippen molar-refractivity contribution in [1.29, 1.82) is 0 Å². The molecule has 4 nitrogen and oxygen atoms in total. The number of methoxy groups -OCH3 is 1. The van der Waals surface area contributed by atoms with Gasteiger partial charge < -0.3 is 15.2 Å². The van der Waals surface area contributed by atoms with Crippen LogP contribution in [0.3, 0.4) is 0 Å². The molecule has 3 atom stereocenters. The van der Waals surface area contributed by atoms with Crippen LogP contribution in [0.15, 0.2) is 24.3 Å². The average molecular weight is 280 g/mol. The van der Waals surface area contributed by atoms with Gasteiger partial charge in [-0.05, 0) is 18.6 Å². The summed E-state index contributed by atoms with van der Waals surface area (Å²) in [7, 11) is 1.57. The summed E-state index contributed by atoms with van der Waals surface area (Å²) in [5, 5.41) is 13.1. The molecule has 3 rings (SSSR count). The lowest BCUT2D eigenvalue weighted by Gasteiger charge is -2.35. The third kappa shape index (κ3) is 1.78. The Balaban J connectivity index is 2.17. The summed E-state index contributed by atoms with van der Waals surface area (Å²) in [6.45, 7) is 0. The zero-order chi connectivity index (χ0) is 13.6. The Labute approximate surface area is 116 Å². The summed E-state index contributed by atoms with van der Waals surface area (Å²) < 4.78 is 5.31. The Hall–Kier alpha value is -1.68. The van der Waals surface area contributed by atoms with E-state index in [1.807, 2.05) is 12.2 Å². The predicted octanol–water partition coefficient (Wildman–Crippen LogP) is 2.89. The Bertz CT molecular complexity index is 570. The molecule has 100 valence electrons. The maximum absolute atomic E-state index is 11.4. The topological polar surface area (TPSA) is 58.6 Å². The molecule has 1 aliphatic heterocycles. The zero-order valence-electron chi connectivity index (χ0n) is 10.4. The van der Waals surface area contributed by atoms with Crippen LogP contribution in [0.2, 0.25) is 5.02 Å². The predicted molar refractivity (Wildman–Crippen MR) is 73.0 cm³/mol. The van der Waals surface area contributed by atoms with Crippen LogP contribution in [0.4, 0.5) is 5.69 Å². The first-order valence-corrected chi connectivity index (χ1v) is 6.53. The fraction of sp³-hybridized carbons (Fsp3) is 0.357. The number of rotatable bonds is 2. The molecule has 0 radical (unpaired) electrons. The molecular weight excluding hydrogens is 266 g/mol. The molecule has 0 aromatic heterocycles. The van der Waals surface area contributed by atoms with E-state index in [4.69, 9.17) is 16.3 Å². The van der Waals surface area contributed by atoms with Crippen molar-refractivity contribution >= 4 is 23.3 Å². The molecule has 1 aromatic carbocycles. The van der Waals surface area contributed by atoms with Crippen LogP contribution >= 0.6 is 11.6 Å². The molecule has 5 heteroatoms. The smallest absolute Gasteiger partial charge is 0.326 e. The van der Waals surface area contributed by atoms with Gasteiger partial charge in [0.25, 0.3) is 0 Å². The lowest BCUT2D eigenvalue weighted by atomic mass is 9.79. The highest BCUT2D eigenvalue weighted by Gasteiger charge is 2.42. The van der Waals surface area contributed by atoms with Crippen LogP contribution in [-0.2, 0) is 4.79 Å². The lowest BCUT2D eigenvalue weighted by molar-refractivity contribution is -0.139. The third-order valence-electron chi connectivity index (χ3n) is 3.91. The number of allylic oxidation sites excluding steroid dienone is 2. The van der Waals surface area contributed by atoms with E-state index in [0.717, 1.165) is 12.0 Å². The number of carboxylic acid groups (broad SMARTS) is 1. The van der Waals surface area contributed by atoms with E-state index in [0.29, 0.717) is 16.5 Å². The number of carbonyl (C=O) groups is 1. The van der Waals surface area contributed by atoms with Crippen LogP contribution in [0.1, 0.15) is 17.9 Å². The van der Waals surface area contributed by atoms with E-state index in [9.17, 15) is 9.90 Å². The molecular formula is C14H14ClNO3. The Morgan fingerprint density at radius 2 is 2.32 bits per heavy atom. The highest BCUT2D eigenvalue weighted by Crippen LogP contribution is 2.50. The Morgan fingerprint density at radius 1 is 1.53 bits per heavy atom. The summed E-state index contributed by atoms with van der Waals surface area (Å²) in [5.41, 5.74) is 1.65. The van der Waals surface area contributed by atoms with Gasteiger partial charge in [-0.1, -0.05) is 23.8 Å². The summed E-state index contributed by atoms with van der Waals surface area (Å²) in [4.78, 5) is 11.4. The maximum Gasteiger partial charge on any atom is 0.326 e. The number of halogens is 1. The van der Waals surface area contributed by atoms with E-state index in [2.05, 4.69) is 5.32 Å². The molecule has 0 saturated carbocycles. The lowest BCUT2D eigenvalue weighted by Crippen LogP contribution is -2.42. The largest absolute Gasteiger partial charge is 0.495 e. The second kappa shape index (κ2) is 4.46. The number of hydrogen-bond acceptors (Lipinski definition) is 3. The summed E-state index contributed by atoms with van der Waals surface area (Å²) in [5.74, 6) is -0.162. The summed E-state index contributed by atoms with van der Waals surface area (Å²) in [6.07, 6.45) is 4.82. The highest BCUT2D eigenvalue weighted by atomic mass is 35.5. The number of anilines is 1. The van der Waals surface area contributed by atoms with E-state index in [1.54, 1.807) is 19.2 Å². The molecule has 0 spiro atoms. The number of benzene rings is 1. The van der Waals surface area contributed by atoms with Crippen molar-refractivity contribution in [2.75, 3.05) is 12.4 Å². The minimum Gasteiger partial charge on any atom is -0.495 e. The summed E-state index contributed by atoms with van der Waals surface area (Å²) in [6, 6.07) is 2.94. The number of carboxylic acids is 1. The molecule has 1 heterocycles. The fourth-order valence-corrected chi connectivity index (χ4v) is 3.34. The SMILES string of the molecule is COc1ccc(Cl)c2c1NC(C(=O)O)C1CC=CC21. The molecule has 19 heavy (non-hydrogen) atoms. The number of ether oxygens (including phenoxy) is 1. The third-order valence-corrected chi connectivity index (χ3v) is 4.24. The Morgan fingerprint density at radius 3 is 3.00 bits per heavy atom. The van der Waals surface area contributed by atoms with E-state index >= 15 is 0 Å². The maximum atomic E-state index is 11.4. The van der Waals surface area contributed by atoms with Crippen molar-refractivity contribution in [2.24, 2.45) is 5.92 Å². The van der Waals surface area contributed by atoms with Gasteiger partial charge in [-0.25, -0.2) is 4.79 Å². The molecule has 2 aliphatic rings. The number of hydrogen-bond donors (Lipinski definition) is 2. The van der Waals surface area contributed by atoms with Crippen LogP contribution < -0.4 is 10.1 Å². The molecule has 0 bridgehead atoms. The first-order valence-electron chi connectivity index (χ1n) is 6.16. The molecule has 1 aromatic rings. The van der Waals surface area contributed by atoms with Crippen molar-refractivity contribution in [3.8, 4) is 5.75 Å². The van der Waals surface area contributed by atoms with Gasteiger partial charge in [-0.2, -0.15) is 0 Å². The normalized spacial score (nSPS) is 27.4. The van der Waals surface area contributed by atoms with Gasteiger partial charge in [-0.15, -0.1) is 0 Å². The van der Waals surface area contributed by atoms with Gasteiger partial charge in [0.2, 0.25) is 0 Å². The van der Waals surface area contributed by atoms with Crippen LogP contribution in [-0.4, -0.2) is 24.2 Å².